The van der Waals surface area contributed by atoms with E-state index < -0.39 is 24.0 Å². The van der Waals surface area contributed by atoms with Crippen LogP contribution < -0.4 is 4.74 Å². The van der Waals surface area contributed by atoms with E-state index in [4.69, 9.17) is 9.47 Å². The Kier molecular flexibility index (Phi) is 6.53. The molecule has 1 amide bonds. The van der Waals surface area contributed by atoms with E-state index in [2.05, 4.69) is 4.98 Å². The van der Waals surface area contributed by atoms with E-state index in [9.17, 15) is 14.7 Å². The second-order valence-electron chi connectivity index (χ2n) is 8.07. The smallest absolute Gasteiger partial charge is 0.333 e. The summed E-state index contributed by atoms with van der Waals surface area (Å²) in [6.07, 6.45) is 2.65. The van der Waals surface area contributed by atoms with Crippen molar-refractivity contribution >= 4 is 23.6 Å². The number of pyridine rings is 1. The topological polar surface area (TPSA) is 89.0 Å². The maximum Gasteiger partial charge on any atom is 0.333 e. The summed E-state index contributed by atoms with van der Waals surface area (Å²) in [4.78, 5) is 32.6. The highest BCUT2D eigenvalue weighted by Gasteiger charge is 2.62. The van der Waals surface area contributed by atoms with Crippen molar-refractivity contribution in [2.75, 3.05) is 7.11 Å². The first kappa shape index (κ1) is 22.4. The second kappa shape index (κ2) is 9.34. The number of β-lactam (4-membered cyclic amide) rings is 1. The van der Waals surface area contributed by atoms with Crippen molar-refractivity contribution in [2.45, 2.75) is 43.5 Å². The minimum Gasteiger partial charge on any atom is -0.497 e. The molecule has 7 nitrogen and oxygen atoms in total. The van der Waals surface area contributed by atoms with Crippen LogP contribution in [0, 0.1) is 11.8 Å². The van der Waals surface area contributed by atoms with E-state index in [1.807, 2.05) is 36.6 Å². The van der Waals surface area contributed by atoms with Gasteiger partial charge in [-0.05, 0) is 47.7 Å². The highest BCUT2D eigenvalue weighted by molar-refractivity contribution is 8.02. The van der Waals surface area contributed by atoms with Crippen LogP contribution in [0.3, 0.4) is 0 Å². The normalized spacial score (nSPS) is 26.4. The molecule has 8 heteroatoms. The van der Waals surface area contributed by atoms with Crippen LogP contribution in [0.5, 0.6) is 5.75 Å². The maximum atomic E-state index is 13.2. The van der Waals surface area contributed by atoms with Crippen LogP contribution in [0.1, 0.15) is 19.4 Å². The van der Waals surface area contributed by atoms with Gasteiger partial charge in [-0.3, -0.25) is 9.78 Å². The van der Waals surface area contributed by atoms with Crippen LogP contribution in [-0.2, 0) is 20.9 Å². The van der Waals surface area contributed by atoms with Crippen molar-refractivity contribution in [3.63, 3.8) is 0 Å². The predicted octanol–water partition coefficient (Wildman–Crippen LogP) is 3.04. The van der Waals surface area contributed by atoms with Crippen molar-refractivity contribution in [1.29, 1.82) is 0 Å². The van der Waals surface area contributed by atoms with E-state index in [1.165, 1.54) is 11.8 Å². The van der Waals surface area contributed by atoms with Crippen molar-refractivity contribution in [1.82, 2.24) is 9.88 Å². The average molecular weight is 455 g/mol. The summed E-state index contributed by atoms with van der Waals surface area (Å²) >= 11 is 1.48. The number of nitrogens with zero attached hydrogens (tertiary/aromatic N) is 2. The minimum atomic E-state index is -0.787. The summed E-state index contributed by atoms with van der Waals surface area (Å²) in [6, 6.07) is 10.0. The van der Waals surface area contributed by atoms with Crippen LogP contribution in [0.2, 0.25) is 0 Å². The summed E-state index contributed by atoms with van der Waals surface area (Å²) in [5, 5.41) is 12.1. The van der Waals surface area contributed by atoms with Gasteiger partial charge in [-0.15, -0.1) is 0 Å². The largest absolute Gasteiger partial charge is 0.497 e. The van der Waals surface area contributed by atoms with Gasteiger partial charge in [-0.25, -0.2) is 4.79 Å². The Bertz CT molecular complexity index is 1010. The monoisotopic (exact) mass is 454 g/mol. The second-order valence-corrected chi connectivity index (χ2v) is 9.01. The van der Waals surface area contributed by atoms with E-state index in [0.717, 1.165) is 21.8 Å². The first-order valence-electron chi connectivity index (χ1n) is 10.5. The van der Waals surface area contributed by atoms with E-state index >= 15 is 0 Å². The molecule has 168 valence electrons. The molecule has 2 saturated heterocycles. The number of methoxy groups -OCH3 is 1. The number of hydrogen-bond acceptors (Lipinski definition) is 7. The van der Waals surface area contributed by atoms with Gasteiger partial charge in [-0.1, -0.05) is 30.8 Å². The fourth-order valence-electron chi connectivity index (χ4n) is 4.44. The Morgan fingerprint density at radius 1 is 1.25 bits per heavy atom. The third-order valence-electron chi connectivity index (χ3n) is 6.12. The number of esters is 1. The van der Waals surface area contributed by atoms with Gasteiger partial charge in [0, 0.05) is 23.2 Å². The summed E-state index contributed by atoms with van der Waals surface area (Å²) in [7, 11) is 1.59. The lowest BCUT2D eigenvalue weighted by Crippen LogP contribution is -2.65. The van der Waals surface area contributed by atoms with Gasteiger partial charge < -0.3 is 19.5 Å². The third kappa shape index (κ3) is 4.12. The zero-order chi connectivity index (χ0) is 22.8. The molecule has 1 aromatic heterocycles. The van der Waals surface area contributed by atoms with Crippen LogP contribution >= 0.6 is 11.8 Å². The highest BCUT2D eigenvalue weighted by Crippen LogP contribution is 2.48. The average Bonchev–Trinajstić information content (AvgIpc) is 3.04. The molecule has 0 saturated carbocycles. The fraction of sp³-hybridized carbons (Fsp3) is 0.375. The standard InChI is InChI=1S/C24H26N2O5S/c1-14-19(13-32-18-8-10-25-11-9-18)22(26-21(14)20(15(2)27)23(26)28)24(29)31-12-16-4-6-17(30-3)7-5-16/h4-11,13-15,20-22,27H,12H2,1-3H3/t14?,15?,20-,21+,22?/m1/s1. The molecule has 2 fully saturated rings. The van der Waals surface area contributed by atoms with Gasteiger partial charge in [0.2, 0.25) is 5.91 Å². The number of carbonyl (C=O) groups is 2. The Labute approximate surface area is 191 Å². The van der Waals surface area contributed by atoms with Crippen molar-refractivity contribution in [3.05, 3.63) is 65.3 Å². The SMILES string of the molecule is COc1ccc(COC(=O)C2C(=CSc3ccncc3)C(C)[C@H]3[C@@H](C(C)O)C(=O)N23)cc1. The molecule has 4 rings (SSSR count). The molecule has 0 aliphatic carbocycles. The number of benzene rings is 1. The molecule has 0 bridgehead atoms. The molecule has 0 spiro atoms. The lowest BCUT2D eigenvalue weighted by atomic mass is 9.79. The van der Waals surface area contributed by atoms with E-state index in [-0.39, 0.29) is 24.5 Å². The number of hydrogen-bond donors (Lipinski definition) is 1. The first-order chi connectivity index (χ1) is 15.4. The molecule has 1 aromatic carbocycles. The number of ether oxygens (including phenoxy) is 2. The Balaban J connectivity index is 1.55. The number of amides is 1. The predicted molar refractivity (Wildman–Crippen MR) is 120 cm³/mol. The maximum absolute atomic E-state index is 13.2. The molecule has 3 unspecified atom stereocenters. The van der Waals surface area contributed by atoms with Crippen molar-refractivity contribution < 1.29 is 24.2 Å². The molecule has 3 heterocycles. The lowest BCUT2D eigenvalue weighted by Gasteiger charge is -2.46. The van der Waals surface area contributed by atoms with Crippen LogP contribution in [0.4, 0.5) is 0 Å². The Morgan fingerprint density at radius 3 is 2.56 bits per heavy atom. The Morgan fingerprint density at radius 2 is 1.94 bits per heavy atom. The van der Waals surface area contributed by atoms with Gasteiger partial charge in [-0.2, -0.15) is 0 Å². The first-order valence-corrected chi connectivity index (χ1v) is 11.4. The summed E-state index contributed by atoms with van der Waals surface area (Å²) in [5.41, 5.74) is 1.66. The van der Waals surface area contributed by atoms with Crippen LogP contribution in [-0.4, -0.2) is 52.2 Å². The van der Waals surface area contributed by atoms with Crippen molar-refractivity contribution in [3.8, 4) is 5.75 Å². The van der Waals surface area contributed by atoms with Gasteiger partial charge in [0.15, 0.2) is 6.04 Å². The zero-order valence-electron chi connectivity index (χ0n) is 18.2. The van der Waals surface area contributed by atoms with E-state index in [0.29, 0.717) is 0 Å². The fourth-order valence-corrected chi connectivity index (χ4v) is 5.33. The molecule has 2 aliphatic rings. The number of fused-ring (bicyclic) bond motifs is 1. The van der Waals surface area contributed by atoms with Gasteiger partial charge in [0.05, 0.1) is 25.2 Å². The van der Waals surface area contributed by atoms with Gasteiger partial charge in [0.1, 0.15) is 12.4 Å². The zero-order valence-corrected chi connectivity index (χ0v) is 19.0. The van der Waals surface area contributed by atoms with E-state index in [1.54, 1.807) is 43.5 Å². The number of aliphatic hydroxyl groups is 1. The summed E-state index contributed by atoms with van der Waals surface area (Å²) in [5.74, 6) is -0.519. The molecular formula is C24H26N2O5S. The van der Waals surface area contributed by atoms with Gasteiger partial charge in [0.25, 0.3) is 0 Å². The van der Waals surface area contributed by atoms with Crippen LogP contribution in [0.15, 0.2) is 64.7 Å². The Hall–Kier alpha value is -2.84. The minimum absolute atomic E-state index is 0.0693. The number of carbonyl (C=O) groups excluding carboxylic acids is 2. The molecule has 32 heavy (non-hydrogen) atoms. The molecule has 5 atom stereocenters. The molecule has 0 radical (unpaired) electrons. The number of rotatable bonds is 7. The molecule has 2 aliphatic heterocycles. The summed E-state index contributed by atoms with van der Waals surface area (Å²) in [6.45, 7) is 3.72. The quantitative estimate of drug-likeness (QED) is 0.391. The highest BCUT2D eigenvalue weighted by atomic mass is 32.2. The number of aromatic nitrogens is 1. The molecule has 2 aromatic rings. The lowest BCUT2D eigenvalue weighted by molar-refractivity contribution is -0.173. The number of aliphatic hydroxyl groups excluding tert-OH is 1. The van der Waals surface area contributed by atoms with Crippen LogP contribution in [0.25, 0.3) is 0 Å². The summed E-state index contributed by atoms with van der Waals surface area (Å²) < 4.78 is 10.8. The van der Waals surface area contributed by atoms with Crippen molar-refractivity contribution in [2.24, 2.45) is 11.8 Å². The molecular weight excluding hydrogens is 428 g/mol. The van der Waals surface area contributed by atoms with Gasteiger partial charge >= 0.3 is 5.97 Å². The third-order valence-corrected chi connectivity index (χ3v) is 7.06. The molecule has 1 N–H and O–H groups in total. The number of thioether (sulfide) groups is 1.